The highest BCUT2D eigenvalue weighted by molar-refractivity contribution is 6.33. The molecule has 1 aromatic carbocycles. The Labute approximate surface area is 93.4 Å². The molecule has 0 atom stereocenters. The highest BCUT2D eigenvalue weighted by Gasteiger charge is 2.05. The minimum absolute atomic E-state index is 0.00399. The van der Waals surface area contributed by atoms with Gasteiger partial charge in [-0.3, -0.25) is 4.79 Å². The molecule has 0 aromatic heterocycles. The van der Waals surface area contributed by atoms with E-state index in [0.29, 0.717) is 10.7 Å². The summed E-state index contributed by atoms with van der Waals surface area (Å²) in [5.74, 6) is -0.192. The summed E-state index contributed by atoms with van der Waals surface area (Å²) in [7, 11) is 0. The van der Waals surface area contributed by atoms with Gasteiger partial charge in [0.2, 0.25) is 5.91 Å². The van der Waals surface area contributed by atoms with Crippen LogP contribution in [0.25, 0.3) is 0 Å². The molecule has 1 N–H and O–H groups in total. The summed E-state index contributed by atoms with van der Waals surface area (Å²) < 4.78 is 0. The minimum atomic E-state index is -0.196. The summed E-state index contributed by atoms with van der Waals surface area (Å²) in [5, 5.41) is 3.14. The molecule has 1 amide bonds. The monoisotopic (exact) mass is 225 g/mol. The summed E-state index contributed by atoms with van der Waals surface area (Å²) in [4.78, 5) is 22.0. The molecule has 0 heterocycles. The topological polar surface area (TPSA) is 46.2 Å². The molecule has 1 aromatic rings. The van der Waals surface area contributed by atoms with Gasteiger partial charge in [0, 0.05) is 12.8 Å². The van der Waals surface area contributed by atoms with Gasteiger partial charge in [-0.2, -0.15) is 0 Å². The lowest BCUT2D eigenvalue weighted by Gasteiger charge is -2.05. The number of nitrogens with one attached hydrogen (secondary N) is 1. The minimum Gasteiger partial charge on any atom is -0.325 e. The lowest BCUT2D eigenvalue weighted by Crippen LogP contribution is -2.12. The summed E-state index contributed by atoms with van der Waals surface area (Å²) in [5.41, 5.74) is 0.577. The van der Waals surface area contributed by atoms with E-state index in [0.717, 1.165) is 0 Å². The van der Waals surface area contributed by atoms with Crippen LogP contribution in [0.5, 0.6) is 0 Å². The second-order valence-electron chi connectivity index (χ2n) is 3.23. The van der Waals surface area contributed by atoms with Crippen LogP contribution in [-0.4, -0.2) is 11.7 Å². The number of para-hydroxylation sites is 1. The van der Waals surface area contributed by atoms with Crippen LogP contribution in [0, 0.1) is 0 Å². The third-order valence-electron chi connectivity index (χ3n) is 1.85. The van der Waals surface area contributed by atoms with Crippen molar-refractivity contribution in [2.24, 2.45) is 0 Å². The highest BCUT2D eigenvalue weighted by atomic mass is 35.5. The number of carbonyl (C=O) groups excluding carboxylic acids is 2. The molecule has 1 rings (SSSR count). The molecular weight excluding hydrogens is 214 g/mol. The van der Waals surface area contributed by atoms with E-state index in [1.165, 1.54) is 6.92 Å². The first-order valence-electron chi connectivity index (χ1n) is 4.63. The number of amides is 1. The Morgan fingerprint density at radius 1 is 1.27 bits per heavy atom. The molecule has 0 spiro atoms. The normalized spacial score (nSPS) is 9.73. The summed E-state index contributed by atoms with van der Waals surface area (Å²) in [6.45, 7) is 1.46. The van der Waals surface area contributed by atoms with Gasteiger partial charge < -0.3 is 10.1 Å². The third kappa shape index (κ3) is 4.13. The average molecular weight is 226 g/mol. The van der Waals surface area contributed by atoms with Crippen molar-refractivity contribution < 1.29 is 9.59 Å². The van der Waals surface area contributed by atoms with Crippen LogP contribution in [0.1, 0.15) is 19.8 Å². The lowest BCUT2D eigenvalue weighted by molar-refractivity contribution is -0.121. The molecule has 0 aliphatic carbocycles. The van der Waals surface area contributed by atoms with Gasteiger partial charge in [0.15, 0.2) is 0 Å². The van der Waals surface area contributed by atoms with E-state index >= 15 is 0 Å². The van der Waals surface area contributed by atoms with Crippen LogP contribution >= 0.6 is 11.6 Å². The van der Waals surface area contributed by atoms with Crippen molar-refractivity contribution in [3.63, 3.8) is 0 Å². The maximum absolute atomic E-state index is 11.3. The van der Waals surface area contributed by atoms with Gasteiger partial charge in [0.05, 0.1) is 10.7 Å². The van der Waals surface area contributed by atoms with Crippen molar-refractivity contribution in [1.82, 2.24) is 0 Å². The molecule has 0 aliphatic rings. The molecule has 0 saturated carbocycles. The van der Waals surface area contributed by atoms with Crippen LogP contribution in [-0.2, 0) is 9.59 Å². The van der Waals surface area contributed by atoms with Gasteiger partial charge in [-0.25, -0.2) is 0 Å². The average Bonchev–Trinajstić information content (AvgIpc) is 2.18. The van der Waals surface area contributed by atoms with Crippen LogP contribution in [0.3, 0.4) is 0 Å². The molecule has 3 nitrogen and oxygen atoms in total. The van der Waals surface area contributed by atoms with E-state index in [9.17, 15) is 9.59 Å². The van der Waals surface area contributed by atoms with Gasteiger partial charge in [-0.15, -0.1) is 0 Å². The summed E-state index contributed by atoms with van der Waals surface area (Å²) >= 11 is 5.85. The number of benzene rings is 1. The molecule has 0 radical (unpaired) electrons. The fraction of sp³-hybridized carbons (Fsp3) is 0.273. The predicted octanol–water partition coefficient (Wildman–Crippen LogP) is 2.65. The second-order valence-corrected chi connectivity index (χ2v) is 3.64. The number of hydrogen-bond acceptors (Lipinski definition) is 2. The smallest absolute Gasteiger partial charge is 0.224 e. The zero-order valence-corrected chi connectivity index (χ0v) is 9.17. The zero-order valence-electron chi connectivity index (χ0n) is 8.42. The Morgan fingerprint density at radius 3 is 2.53 bits per heavy atom. The van der Waals surface area contributed by atoms with E-state index in [4.69, 9.17) is 11.6 Å². The van der Waals surface area contributed by atoms with Crippen LogP contribution in [0.15, 0.2) is 24.3 Å². The Balaban J connectivity index is 2.52. The van der Waals surface area contributed by atoms with E-state index in [1.54, 1.807) is 24.3 Å². The van der Waals surface area contributed by atoms with Crippen molar-refractivity contribution in [1.29, 1.82) is 0 Å². The number of carbonyl (C=O) groups is 2. The molecule has 80 valence electrons. The van der Waals surface area contributed by atoms with E-state index < -0.39 is 0 Å². The molecule has 0 saturated heterocycles. The SMILES string of the molecule is CC(=O)CCC(=O)Nc1ccccc1Cl. The molecular formula is C11H12ClNO2. The maximum Gasteiger partial charge on any atom is 0.224 e. The standard InChI is InChI=1S/C11H12ClNO2/c1-8(14)6-7-11(15)13-10-5-3-2-4-9(10)12/h2-5H,6-7H2,1H3,(H,13,15). The number of halogens is 1. The second kappa shape index (κ2) is 5.51. The number of Topliss-reactive ketones (excluding diaryl/α,β-unsaturated/α-hetero) is 1. The van der Waals surface area contributed by atoms with Crippen LogP contribution in [0.4, 0.5) is 5.69 Å². The highest BCUT2D eigenvalue weighted by Crippen LogP contribution is 2.20. The molecule has 0 aliphatic heterocycles. The third-order valence-corrected chi connectivity index (χ3v) is 2.18. The van der Waals surface area contributed by atoms with E-state index in [2.05, 4.69) is 5.32 Å². The fourth-order valence-electron chi connectivity index (χ4n) is 1.06. The van der Waals surface area contributed by atoms with E-state index in [1.807, 2.05) is 0 Å². The predicted molar refractivity (Wildman–Crippen MR) is 60.0 cm³/mol. The van der Waals surface area contributed by atoms with Crippen molar-refractivity contribution in [3.8, 4) is 0 Å². The van der Waals surface area contributed by atoms with Crippen molar-refractivity contribution in [2.75, 3.05) is 5.32 Å². The van der Waals surface area contributed by atoms with Crippen LogP contribution < -0.4 is 5.32 Å². The number of anilines is 1. The van der Waals surface area contributed by atoms with Crippen molar-refractivity contribution >= 4 is 29.0 Å². The first kappa shape index (κ1) is 11.7. The first-order chi connectivity index (χ1) is 7.09. The molecule has 0 bridgehead atoms. The summed E-state index contributed by atoms with van der Waals surface area (Å²) in [6.07, 6.45) is 0.455. The summed E-state index contributed by atoms with van der Waals surface area (Å²) in [6, 6.07) is 6.98. The van der Waals surface area contributed by atoms with E-state index in [-0.39, 0.29) is 24.5 Å². The molecule has 15 heavy (non-hydrogen) atoms. The van der Waals surface area contributed by atoms with Gasteiger partial charge in [-0.05, 0) is 19.1 Å². The van der Waals surface area contributed by atoms with Crippen molar-refractivity contribution in [2.45, 2.75) is 19.8 Å². The first-order valence-corrected chi connectivity index (χ1v) is 5.01. The Hall–Kier alpha value is -1.35. The quantitative estimate of drug-likeness (QED) is 0.856. The van der Waals surface area contributed by atoms with Gasteiger partial charge in [-0.1, -0.05) is 23.7 Å². The lowest BCUT2D eigenvalue weighted by atomic mass is 10.2. The largest absolute Gasteiger partial charge is 0.325 e. The Morgan fingerprint density at radius 2 is 1.93 bits per heavy atom. The number of rotatable bonds is 4. The van der Waals surface area contributed by atoms with Crippen LogP contribution in [0.2, 0.25) is 5.02 Å². The van der Waals surface area contributed by atoms with Gasteiger partial charge >= 0.3 is 0 Å². The maximum atomic E-state index is 11.3. The fourth-order valence-corrected chi connectivity index (χ4v) is 1.25. The van der Waals surface area contributed by atoms with Crippen molar-refractivity contribution in [3.05, 3.63) is 29.3 Å². The number of ketones is 1. The number of hydrogen-bond donors (Lipinski definition) is 1. The molecule has 0 unspecified atom stereocenters. The zero-order chi connectivity index (χ0) is 11.3. The van der Waals surface area contributed by atoms with Gasteiger partial charge in [0.25, 0.3) is 0 Å². The molecule has 0 fully saturated rings. The Kier molecular flexibility index (Phi) is 4.31. The molecule has 4 heteroatoms. The van der Waals surface area contributed by atoms with Gasteiger partial charge in [0.1, 0.15) is 5.78 Å². The Bertz CT molecular complexity index is 377.